The van der Waals surface area contributed by atoms with Gasteiger partial charge in [-0.15, -0.1) is 4.40 Å². The number of hydrogen-bond acceptors (Lipinski definition) is 4. The van der Waals surface area contributed by atoms with E-state index in [-0.39, 0.29) is 36.1 Å². The number of benzene rings is 4. The molecule has 0 fully saturated rings. The van der Waals surface area contributed by atoms with Crippen LogP contribution in [0, 0.1) is 5.82 Å². The summed E-state index contributed by atoms with van der Waals surface area (Å²) in [5.74, 6) is -0.357. The number of imidazole rings is 1. The zero-order chi connectivity index (χ0) is 26.4. The Hall–Kier alpha value is -4.21. The molecule has 0 bridgehead atoms. The zero-order valence-electron chi connectivity index (χ0n) is 19.9. The van der Waals surface area contributed by atoms with Crippen LogP contribution in [0.4, 0.5) is 10.2 Å². The SMILES string of the molecule is NC1=NS(=O)(=O)N(Cc2ccc(Cl)cc2)c2nc(-c3ccccc3F)n(Cc3ccc4ccccc4c3)c21. The fraction of sp³-hybridized carbons (Fsp3) is 0.0714. The Balaban J connectivity index is 1.54. The largest absolute Gasteiger partial charge is 0.381 e. The number of halogens is 2. The van der Waals surface area contributed by atoms with Crippen LogP contribution >= 0.6 is 11.6 Å². The summed E-state index contributed by atoms with van der Waals surface area (Å²) in [7, 11) is -4.20. The van der Waals surface area contributed by atoms with Gasteiger partial charge in [0.05, 0.1) is 12.1 Å². The minimum absolute atomic E-state index is 0.0486. The summed E-state index contributed by atoms with van der Waals surface area (Å²) in [4.78, 5) is 4.66. The van der Waals surface area contributed by atoms with Gasteiger partial charge in [0.25, 0.3) is 0 Å². The lowest BCUT2D eigenvalue weighted by Crippen LogP contribution is -2.37. The molecule has 0 saturated heterocycles. The summed E-state index contributed by atoms with van der Waals surface area (Å²) in [6, 6.07) is 27.0. The van der Waals surface area contributed by atoms with Gasteiger partial charge in [0.1, 0.15) is 17.3 Å². The van der Waals surface area contributed by atoms with Crippen molar-refractivity contribution in [3.05, 3.63) is 119 Å². The quantitative estimate of drug-likeness (QED) is 0.315. The Morgan fingerprint density at radius 2 is 1.53 bits per heavy atom. The minimum atomic E-state index is -4.20. The highest BCUT2D eigenvalue weighted by Gasteiger charge is 2.37. The van der Waals surface area contributed by atoms with E-state index in [1.165, 1.54) is 6.07 Å². The third kappa shape index (κ3) is 4.29. The van der Waals surface area contributed by atoms with Crippen molar-refractivity contribution in [2.45, 2.75) is 13.1 Å². The average molecular weight is 546 g/mol. The molecule has 0 unspecified atom stereocenters. The van der Waals surface area contributed by atoms with E-state index in [1.807, 2.05) is 42.5 Å². The number of fused-ring (bicyclic) bond motifs is 2. The van der Waals surface area contributed by atoms with Crippen LogP contribution in [0.5, 0.6) is 0 Å². The van der Waals surface area contributed by atoms with Crippen molar-refractivity contribution in [2.24, 2.45) is 10.1 Å². The van der Waals surface area contributed by atoms with Crippen molar-refractivity contribution in [1.29, 1.82) is 0 Å². The van der Waals surface area contributed by atoms with E-state index in [1.54, 1.807) is 47.0 Å². The molecule has 1 aliphatic rings. The molecule has 4 aromatic carbocycles. The van der Waals surface area contributed by atoms with Gasteiger partial charge in [0, 0.05) is 11.6 Å². The minimum Gasteiger partial charge on any atom is -0.381 e. The van der Waals surface area contributed by atoms with Gasteiger partial charge in [-0.2, -0.15) is 8.42 Å². The molecular formula is C28H21ClFN5O2S. The molecule has 0 amide bonds. The predicted molar refractivity (Wildman–Crippen MR) is 148 cm³/mol. The number of nitrogens with zero attached hydrogens (tertiary/aromatic N) is 4. The molecule has 0 aliphatic carbocycles. The van der Waals surface area contributed by atoms with Gasteiger partial charge in [0.15, 0.2) is 11.7 Å². The lowest BCUT2D eigenvalue weighted by Gasteiger charge is -2.25. The van der Waals surface area contributed by atoms with E-state index >= 15 is 4.39 Å². The average Bonchev–Trinajstić information content (AvgIpc) is 3.26. The fourth-order valence-corrected chi connectivity index (χ4v) is 5.84. The molecule has 2 N–H and O–H groups in total. The Bertz CT molecular complexity index is 1830. The molecule has 1 aromatic heterocycles. The maximum absolute atomic E-state index is 15.0. The molecule has 10 heteroatoms. The summed E-state index contributed by atoms with van der Waals surface area (Å²) in [6.07, 6.45) is 0. The van der Waals surface area contributed by atoms with Crippen molar-refractivity contribution >= 4 is 44.2 Å². The van der Waals surface area contributed by atoms with Crippen molar-refractivity contribution in [3.8, 4) is 11.4 Å². The Kier molecular flexibility index (Phi) is 5.89. The number of aromatic nitrogens is 2. The summed E-state index contributed by atoms with van der Waals surface area (Å²) in [5, 5.41) is 2.65. The van der Waals surface area contributed by atoms with Crippen LogP contribution in [0.25, 0.3) is 22.2 Å². The normalized spacial score (nSPS) is 14.4. The lowest BCUT2D eigenvalue weighted by molar-refractivity contribution is 0.591. The van der Waals surface area contributed by atoms with E-state index in [9.17, 15) is 8.42 Å². The third-order valence-corrected chi connectivity index (χ3v) is 7.97. The summed E-state index contributed by atoms with van der Waals surface area (Å²) < 4.78 is 48.0. The Morgan fingerprint density at radius 3 is 2.29 bits per heavy atom. The first-order chi connectivity index (χ1) is 18.3. The molecule has 5 aromatic rings. The van der Waals surface area contributed by atoms with Gasteiger partial charge >= 0.3 is 10.2 Å². The van der Waals surface area contributed by atoms with Gasteiger partial charge in [-0.1, -0.05) is 72.3 Å². The molecule has 7 nitrogen and oxygen atoms in total. The van der Waals surface area contributed by atoms with Crippen LogP contribution < -0.4 is 10.0 Å². The van der Waals surface area contributed by atoms with Crippen molar-refractivity contribution in [2.75, 3.05) is 4.31 Å². The van der Waals surface area contributed by atoms with Crippen molar-refractivity contribution < 1.29 is 12.8 Å². The Morgan fingerprint density at radius 1 is 0.842 bits per heavy atom. The second kappa shape index (κ2) is 9.27. The second-order valence-corrected chi connectivity index (χ2v) is 10.9. The number of nitrogens with two attached hydrogens (primary N) is 1. The monoisotopic (exact) mass is 545 g/mol. The standard InChI is InChI=1S/C28H21ClFN5O2S/c29-22-13-10-18(11-14-22)17-35-28-25(26(31)33-38(35,36)37)34(27(32-28)23-7-3-4-8-24(23)30)16-19-9-12-20-5-1-2-6-21(20)15-19/h1-15H,16-17H2,(H2,31,33). The molecule has 6 rings (SSSR count). The van der Waals surface area contributed by atoms with Gasteiger partial charge < -0.3 is 10.3 Å². The van der Waals surface area contributed by atoms with Crippen molar-refractivity contribution in [3.63, 3.8) is 0 Å². The molecule has 0 atom stereocenters. The molecular weight excluding hydrogens is 525 g/mol. The first-order valence-corrected chi connectivity index (χ1v) is 13.5. The molecule has 0 spiro atoms. The number of rotatable bonds is 5. The number of amidine groups is 1. The van der Waals surface area contributed by atoms with E-state index in [0.29, 0.717) is 16.3 Å². The van der Waals surface area contributed by atoms with E-state index in [4.69, 9.17) is 17.3 Å². The number of hydrogen-bond donors (Lipinski definition) is 1. The third-order valence-electron chi connectivity index (χ3n) is 6.43. The van der Waals surface area contributed by atoms with Crippen LogP contribution in [-0.4, -0.2) is 23.8 Å². The van der Waals surface area contributed by atoms with Gasteiger partial charge in [0.2, 0.25) is 0 Å². The van der Waals surface area contributed by atoms with Gasteiger partial charge in [-0.25, -0.2) is 13.7 Å². The molecule has 190 valence electrons. The second-order valence-electron chi connectivity index (χ2n) is 8.94. The fourth-order valence-electron chi connectivity index (χ4n) is 4.63. The van der Waals surface area contributed by atoms with E-state index in [2.05, 4.69) is 9.38 Å². The highest BCUT2D eigenvalue weighted by molar-refractivity contribution is 7.91. The molecule has 1 aliphatic heterocycles. The van der Waals surface area contributed by atoms with E-state index in [0.717, 1.165) is 20.6 Å². The smallest absolute Gasteiger partial charge is 0.348 e. The summed E-state index contributed by atoms with van der Waals surface area (Å²) >= 11 is 6.01. The molecule has 2 heterocycles. The Labute approximate surface area is 223 Å². The number of anilines is 1. The van der Waals surface area contributed by atoms with Crippen LogP contribution in [-0.2, 0) is 23.3 Å². The van der Waals surface area contributed by atoms with Gasteiger partial charge in [-0.3, -0.25) is 0 Å². The lowest BCUT2D eigenvalue weighted by atomic mass is 10.1. The highest BCUT2D eigenvalue weighted by atomic mass is 35.5. The first kappa shape index (κ1) is 24.1. The van der Waals surface area contributed by atoms with Crippen LogP contribution in [0.15, 0.2) is 95.4 Å². The van der Waals surface area contributed by atoms with Crippen LogP contribution in [0.2, 0.25) is 5.02 Å². The predicted octanol–water partition coefficient (Wildman–Crippen LogP) is 5.51. The van der Waals surface area contributed by atoms with Crippen molar-refractivity contribution in [1.82, 2.24) is 9.55 Å². The summed E-state index contributed by atoms with van der Waals surface area (Å²) in [6.45, 7) is 0.217. The zero-order valence-corrected chi connectivity index (χ0v) is 21.5. The molecule has 0 radical (unpaired) electrons. The van der Waals surface area contributed by atoms with Crippen LogP contribution in [0.1, 0.15) is 16.8 Å². The van der Waals surface area contributed by atoms with Gasteiger partial charge in [-0.05, 0) is 52.2 Å². The molecule has 0 saturated carbocycles. The van der Waals surface area contributed by atoms with E-state index < -0.39 is 16.0 Å². The molecule has 38 heavy (non-hydrogen) atoms. The first-order valence-electron chi connectivity index (χ1n) is 11.8. The highest BCUT2D eigenvalue weighted by Crippen LogP contribution is 2.35. The summed E-state index contributed by atoms with van der Waals surface area (Å²) in [5.41, 5.74) is 8.36. The maximum Gasteiger partial charge on any atom is 0.348 e. The topological polar surface area (TPSA) is 93.6 Å². The maximum atomic E-state index is 15.0. The van der Waals surface area contributed by atoms with Crippen LogP contribution in [0.3, 0.4) is 0 Å².